The van der Waals surface area contributed by atoms with Crippen molar-refractivity contribution in [3.8, 4) is 11.5 Å². The first kappa shape index (κ1) is 24.1. The second-order valence-corrected chi connectivity index (χ2v) is 8.51. The molecule has 0 atom stereocenters. The number of anilines is 2. The molecule has 9 heteroatoms. The van der Waals surface area contributed by atoms with Crippen LogP contribution in [0.25, 0.3) is 0 Å². The number of nitrogens with zero attached hydrogens (tertiary/aromatic N) is 4. The minimum atomic E-state index is -0.254. The predicted molar refractivity (Wildman–Crippen MR) is 138 cm³/mol. The second-order valence-electron chi connectivity index (χ2n) is 8.51. The van der Waals surface area contributed by atoms with Crippen LogP contribution in [0.3, 0.4) is 0 Å². The Kier molecular flexibility index (Phi) is 7.24. The SMILES string of the molecule is CCn1nc(C)c(CN=C(NC(=O)c2cccc(N(C)C)c2)Nc2ccc3c(c2)OCCO3)c1C. The molecule has 0 saturated carbocycles. The molecule has 0 saturated heterocycles. The van der Waals surface area contributed by atoms with E-state index in [4.69, 9.17) is 14.5 Å². The Labute approximate surface area is 205 Å². The lowest BCUT2D eigenvalue weighted by Crippen LogP contribution is -2.36. The number of ether oxygens (including phenoxy) is 2. The molecule has 9 nitrogen and oxygen atoms in total. The molecule has 0 fully saturated rings. The van der Waals surface area contributed by atoms with Gasteiger partial charge in [-0.15, -0.1) is 0 Å². The maximum Gasteiger partial charge on any atom is 0.258 e. The summed E-state index contributed by atoms with van der Waals surface area (Å²) >= 11 is 0. The highest BCUT2D eigenvalue weighted by Gasteiger charge is 2.16. The Morgan fingerprint density at radius 2 is 1.89 bits per heavy atom. The van der Waals surface area contributed by atoms with Crippen molar-refractivity contribution in [1.29, 1.82) is 0 Å². The van der Waals surface area contributed by atoms with Crippen LogP contribution in [-0.2, 0) is 13.1 Å². The lowest BCUT2D eigenvalue weighted by atomic mass is 10.2. The molecule has 0 bridgehead atoms. The van der Waals surface area contributed by atoms with Gasteiger partial charge < -0.3 is 19.7 Å². The number of fused-ring (bicyclic) bond motifs is 1. The summed E-state index contributed by atoms with van der Waals surface area (Å²) in [7, 11) is 3.88. The summed E-state index contributed by atoms with van der Waals surface area (Å²) in [4.78, 5) is 19.8. The minimum Gasteiger partial charge on any atom is -0.486 e. The average molecular weight is 477 g/mol. The number of benzene rings is 2. The zero-order valence-electron chi connectivity index (χ0n) is 20.9. The molecule has 3 aromatic rings. The third-order valence-corrected chi connectivity index (χ3v) is 5.89. The van der Waals surface area contributed by atoms with Crippen LogP contribution < -0.4 is 25.0 Å². The van der Waals surface area contributed by atoms with E-state index in [1.165, 1.54) is 0 Å². The van der Waals surface area contributed by atoms with Gasteiger partial charge in [0.2, 0.25) is 5.96 Å². The van der Waals surface area contributed by atoms with Crippen LogP contribution in [0.1, 0.15) is 34.2 Å². The summed E-state index contributed by atoms with van der Waals surface area (Å²) in [5.74, 6) is 1.43. The smallest absolute Gasteiger partial charge is 0.258 e. The first-order valence-corrected chi connectivity index (χ1v) is 11.7. The number of guanidine groups is 1. The number of hydrogen-bond donors (Lipinski definition) is 2. The number of aromatic nitrogens is 2. The third-order valence-electron chi connectivity index (χ3n) is 5.89. The van der Waals surface area contributed by atoms with Gasteiger partial charge >= 0.3 is 0 Å². The summed E-state index contributed by atoms with van der Waals surface area (Å²) in [6.07, 6.45) is 0. The van der Waals surface area contributed by atoms with E-state index in [9.17, 15) is 4.79 Å². The second kappa shape index (κ2) is 10.5. The van der Waals surface area contributed by atoms with E-state index < -0.39 is 0 Å². The number of amides is 1. The maximum atomic E-state index is 13.1. The van der Waals surface area contributed by atoms with E-state index >= 15 is 0 Å². The fraction of sp³-hybridized carbons (Fsp3) is 0.346. The molecule has 2 aromatic carbocycles. The largest absolute Gasteiger partial charge is 0.486 e. The molecule has 1 aliphatic rings. The number of carbonyl (C=O) groups is 1. The van der Waals surface area contributed by atoms with Crippen LogP contribution >= 0.6 is 0 Å². The molecule has 0 aliphatic carbocycles. The molecule has 184 valence electrons. The van der Waals surface area contributed by atoms with Crippen LogP contribution in [0.2, 0.25) is 0 Å². The van der Waals surface area contributed by atoms with Gasteiger partial charge in [-0.05, 0) is 51.1 Å². The standard InChI is InChI=1S/C26H32N6O3/c1-6-32-18(3)22(17(2)30-32)16-27-26(28-20-10-11-23-24(15-20)35-13-12-34-23)29-25(33)19-8-7-9-21(14-19)31(4)5/h7-11,14-15H,6,12-13,16H2,1-5H3,(H2,27,28,29,33). The molecule has 2 heterocycles. The van der Waals surface area contributed by atoms with Crippen LogP contribution in [0.4, 0.5) is 11.4 Å². The van der Waals surface area contributed by atoms with Crippen LogP contribution in [0.15, 0.2) is 47.5 Å². The molecule has 1 aliphatic heterocycles. The van der Waals surface area contributed by atoms with Crippen molar-refractivity contribution < 1.29 is 14.3 Å². The van der Waals surface area contributed by atoms with Crippen molar-refractivity contribution in [3.63, 3.8) is 0 Å². The monoisotopic (exact) mass is 476 g/mol. The van der Waals surface area contributed by atoms with Gasteiger partial charge in [0.05, 0.1) is 12.2 Å². The molecule has 0 unspecified atom stereocenters. The number of rotatable bonds is 6. The van der Waals surface area contributed by atoms with Crippen molar-refractivity contribution in [2.24, 2.45) is 4.99 Å². The van der Waals surface area contributed by atoms with Crippen LogP contribution in [0, 0.1) is 13.8 Å². The Hall–Kier alpha value is -4.01. The summed E-state index contributed by atoms with van der Waals surface area (Å²) in [6.45, 7) is 8.26. The summed E-state index contributed by atoms with van der Waals surface area (Å²) in [6, 6.07) is 13.0. The van der Waals surface area contributed by atoms with E-state index in [-0.39, 0.29) is 5.91 Å². The van der Waals surface area contributed by atoms with Crippen molar-refractivity contribution >= 4 is 23.2 Å². The Morgan fingerprint density at radius 3 is 2.60 bits per heavy atom. The molecule has 2 N–H and O–H groups in total. The number of carbonyl (C=O) groups excluding carboxylic acids is 1. The van der Waals surface area contributed by atoms with Crippen LogP contribution in [0.5, 0.6) is 11.5 Å². The molecule has 0 spiro atoms. The van der Waals surface area contributed by atoms with Crippen molar-refractivity contribution in [2.45, 2.75) is 33.9 Å². The Morgan fingerprint density at radius 1 is 1.11 bits per heavy atom. The fourth-order valence-electron chi connectivity index (χ4n) is 3.90. The number of hydrogen-bond acceptors (Lipinski definition) is 6. The minimum absolute atomic E-state index is 0.254. The molecular weight excluding hydrogens is 444 g/mol. The highest BCUT2D eigenvalue weighted by atomic mass is 16.6. The van der Waals surface area contributed by atoms with Gasteiger partial charge in [0.1, 0.15) is 13.2 Å². The van der Waals surface area contributed by atoms with Gasteiger partial charge in [0.15, 0.2) is 11.5 Å². The zero-order chi connectivity index (χ0) is 24.9. The van der Waals surface area contributed by atoms with E-state index in [1.54, 1.807) is 6.07 Å². The fourth-order valence-corrected chi connectivity index (χ4v) is 3.90. The van der Waals surface area contributed by atoms with E-state index in [1.807, 2.05) is 73.9 Å². The summed E-state index contributed by atoms with van der Waals surface area (Å²) in [5, 5.41) is 10.8. The molecular formula is C26H32N6O3. The van der Waals surface area contributed by atoms with Gasteiger partial charge in [0, 0.05) is 54.9 Å². The number of nitrogens with one attached hydrogen (secondary N) is 2. The summed E-state index contributed by atoms with van der Waals surface area (Å²) in [5.41, 5.74) is 5.24. The Balaban J connectivity index is 1.61. The molecule has 35 heavy (non-hydrogen) atoms. The first-order chi connectivity index (χ1) is 16.9. The predicted octanol–water partition coefficient (Wildman–Crippen LogP) is 3.76. The molecule has 4 rings (SSSR count). The average Bonchev–Trinajstić information content (AvgIpc) is 3.14. The van der Waals surface area contributed by atoms with Crippen molar-refractivity contribution in [1.82, 2.24) is 15.1 Å². The van der Waals surface area contributed by atoms with Crippen molar-refractivity contribution in [2.75, 3.05) is 37.5 Å². The number of aryl methyl sites for hydroxylation is 2. The van der Waals surface area contributed by atoms with Gasteiger partial charge in [-0.2, -0.15) is 5.10 Å². The molecule has 0 radical (unpaired) electrons. The van der Waals surface area contributed by atoms with Crippen LogP contribution in [-0.4, -0.2) is 49.0 Å². The topological polar surface area (TPSA) is 93.0 Å². The lowest BCUT2D eigenvalue weighted by molar-refractivity contribution is 0.0977. The van der Waals surface area contributed by atoms with Gasteiger partial charge in [0.25, 0.3) is 5.91 Å². The summed E-state index contributed by atoms with van der Waals surface area (Å²) < 4.78 is 13.3. The molecule has 1 aromatic heterocycles. The highest BCUT2D eigenvalue weighted by Crippen LogP contribution is 2.32. The van der Waals surface area contributed by atoms with E-state index in [2.05, 4.69) is 22.7 Å². The first-order valence-electron chi connectivity index (χ1n) is 11.7. The maximum absolute atomic E-state index is 13.1. The zero-order valence-corrected chi connectivity index (χ0v) is 20.9. The highest BCUT2D eigenvalue weighted by molar-refractivity contribution is 6.10. The quantitative estimate of drug-likeness (QED) is 0.416. The molecule has 1 amide bonds. The van der Waals surface area contributed by atoms with Crippen molar-refractivity contribution in [3.05, 3.63) is 65.0 Å². The normalized spacial score (nSPS) is 12.9. The van der Waals surface area contributed by atoms with Gasteiger partial charge in [-0.1, -0.05) is 6.07 Å². The number of aliphatic imine (C=N–C) groups is 1. The van der Waals surface area contributed by atoms with Gasteiger partial charge in [-0.25, -0.2) is 4.99 Å². The third kappa shape index (κ3) is 5.56. The Bertz CT molecular complexity index is 1250. The van der Waals surface area contributed by atoms with E-state index in [0.717, 1.165) is 34.9 Å². The van der Waals surface area contributed by atoms with Gasteiger partial charge in [-0.3, -0.25) is 14.8 Å². The van der Waals surface area contributed by atoms with E-state index in [0.29, 0.717) is 42.8 Å². The lowest BCUT2D eigenvalue weighted by Gasteiger charge is -2.19.